The lowest BCUT2D eigenvalue weighted by Crippen LogP contribution is -2.22. The number of para-hydroxylation sites is 1. The van der Waals surface area contributed by atoms with Crippen molar-refractivity contribution in [1.82, 2.24) is 0 Å². The monoisotopic (exact) mass is 250 g/mol. The third-order valence-electron chi connectivity index (χ3n) is 2.62. The van der Waals surface area contributed by atoms with Crippen LogP contribution < -0.4 is 11.1 Å². The van der Waals surface area contributed by atoms with E-state index in [0.29, 0.717) is 16.2 Å². The van der Waals surface area contributed by atoms with Gasteiger partial charge in [0.1, 0.15) is 4.99 Å². The zero-order valence-corrected chi connectivity index (χ0v) is 11.0. The maximum Gasteiger partial charge on any atom is 0.227 e. The molecule has 0 spiro atoms. The van der Waals surface area contributed by atoms with Crippen LogP contribution in [0.15, 0.2) is 24.3 Å². The molecule has 0 saturated heterocycles. The van der Waals surface area contributed by atoms with Crippen LogP contribution in [-0.2, 0) is 4.79 Å². The van der Waals surface area contributed by atoms with Gasteiger partial charge in [-0.2, -0.15) is 0 Å². The summed E-state index contributed by atoms with van der Waals surface area (Å²) in [5.41, 5.74) is 7.00. The first-order valence-corrected chi connectivity index (χ1v) is 6.16. The molecule has 0 fully saturated rings. The van der Waals surface area contributed by atoms with Gasteiger partial charge in [0.05, 0.1) is 5.69 Å². The molecule has 17 heavy (non-hydrogen) atoms. The number of benzene rings is 1. The van der Waals surface area contributed by atoms with E-state index in [4.69, 9.17) is 18.0 Å². The molecule has 92 valence electrons. The Hall–Kier alpha value is -1.42. The van der Waals surface area contributed by atoms with Gasteiger partial charge in [0.25, 0.3) is 0 Å². The summed E-state index contributed by atoms with van der Waals surface area (Å²) in [4.78, 5) is 12.2. The van der Waals surface area contributed by atoms with Crippen molar-refractivity contribution in [3.63, 3.8) is 0 Å². The number of anilines is 1. The molecule has 1 aromatic rings. The number of nitrogens with two attached hydrogens (primary N) is 1. The highest BCUT2D eigenvalue weighted by molar-refractivity contribution is 7.80. The molecule has 0 radical (unpaired) electrons. The first kappa shape index (κ1) is 13.6. The Labute approximate surface area is 107 Å². The molecule has 1 amide bonds. The van der Waals surface area contributed by atoms with Crippen molar-refractivity contribution in [2.45, 2.75) is 26.7 Å². The van der Waals surface area contributed by atoms with Crippen LogP contribution in [0.4, 0.5) is 5.69 Å². The smallest absolute Gasteiger partial charge is 0.227 e. The summed E-state index contributed by atoms with van der Waals surface area (Å²) in [5.74, 6) is 0.00921. The van der Waals surface area contributed by atoms with Gasteiger partial charge in [0, 0.05) is 11.5 Å². The van der Waals surface area contributed by atoms with Gasteiger partial charge in [-0.15, -0.1) is 0 Å². The summed E-state index contributed by atoms with van der Waals surface area (Å²) in [6.07, 6.45) is 1.87. The van der Waals surface area contributed by atoms with E-state index in [9.17, 15) is 4.79 Å². The number of nitrogens with one attached hydrogen (secondary N) is 1. The van der Waals surface area contributed by atoms with Gasteiger partial charge in [0.2, 0.25) is 5.91 Å². The molecule has 0 aliphatic carbocycles. The fraction of sp³-hybridized carbons (Fsp3) is 0.385. The highest BCUT2D eigenvalue weighted by Crippen LogP contribution is 2.17. The van der Waals surface area contributed by atoms with Crippen LogP contribution in [0.3, 0.4) is 0 Å². The van der Waals surface area contributed by atoms with Crippen LogP contribution in [0.5, 0.6) is 0 Å². The molecule has 0 aromatic heterocycles. The molecule has 4 heteroatoms. The van der Waals surface area contributed by atoms with Crippen molar-refractivity contribution in [2.75, 3.05) is 5.32 Å². The SMILES string of the molecule is CCCC(C)C(=O)Nc1ccccc1C(N)=S. The third kappa shape index (κ3) is 3.82. The molecule has 1 aromatic carbocycles. The minimum atomic E-state index is -0.000554. The Kier molecular flexibility index (Phi) is 5.10. The molecule has 0 saturated carbocycles. The van der Waals surface area contributed by atoms with Crippen LogP contribution in [0, 0.1) is 5.92 Å². The quantitative estimate of drug-likeness (QED) is 0.790. The molecular formula is C13H18N2OS. The van der Waals surface area contributed by atoms with E-state index >= 15 is 0 Å². The molecule has 1 unspecified atom stereocenters. The minimum Gasteiger partial charge on any atom is -0.389 e. The van der Waals surface area contributed by atoms with Crippen LogP contribution in [-0.4, -0.2) is 10.9 Å². The highest BCUT2D eigenvalue weighted by Gasteiger charge is 2.13. The highest BCUT2D eigenvalue weighted by atomic mass is 32.1. The van der Waals surface area contributed by atoms with Crippen molar-refractivity contribution in [3.8, 4) is 0 Å². The zero-order chi connectivity index (χ0) is 12.8. The second kappa shape index (κ2) is 6.35. The van der Waals surface area contributed by atoms with Crippen LogP contribution in [0.1, 0.15) is 32.3 Å². The average molecular weight is 250 g/mol. The Morgan fingerprint density at radius 2 is 2.12 bits per heavy atom. The van der Waals surface area contributed by atoms with Gasteiger partial charge >= 0.3 is 0 Å². The summed E-state index contributed by atoms with van der Waals surface area (Å²) in [5, 5.41) is 2.87. The molecule has 0 bridgehead atoms. The van der Waals surface area contributed by atoms with Crippen molar-refractivity contribution in [1.29, 1.82) is 0 Å². The summed E-state index contributed by atoms with van der Waals surface area (Å²) in [6.45, 7) is 3.98. The van der Waals surface area contributed by atoms with Gasteiger partial charge in [-0.25, -0.2) is 0 Å². The van der Waals surface area contributed by atoms with E-state index < -0.39 is 0 Å². The number of carbonyl (C=O) groups excluding carboxylic acids is 1. The Morgan fingerprint density at radius 1 is 1.47 bits per heavy atom. The normalized spacial score (nSPS) is 11.9. The molecule has 1 atom stereocenters. The zero-order valence-electron chi connectivity index (χ0n) is 10.2. The molecule has 0 aliphatic heterocycles. The molecule has 0 aliphatic rings. The van der Waals surface area contributed by atoms with Crippen molar-refractivity contribution in [2.24, 2.45) is 11.7 Å². The minimum absolute atomic E-state index is 0.000554. The van der Waals surface area contributed by atoms with E-state index in [1.54, 1.807) is 0 Å². The third-order valence-corrected chi connectivity index (χ3v) is 2.84. The average Bonchev–Trinajstić information content (AvgIpc) is 2.29. The summed E-state index contributed by atoms with van der Waals surface area (Å²) in [7, 11) is 0. The van der Waals surface area contributed by atoms with Crippen LogP contribution in [0.25, 0.3) is 0 Å². The van der Waals surface area contributed by atoms with E-state index in [1.165, 1.54) is 0 Å². The fourth-order valence-electron chi connectivity index (χ4n) is 1.63. The van der Waals surface area contributed by atoms with Crippen LogP contribution in [0.2, 0.25) is 0 Å². The van der Waals surface area contributed by atoms with Gasteiger partial charge in [-0.05, 0) is 18.6 Å². The number of carbonyl (C=O) groups is 1. The lowest BCUT2D eigenvalue weighted by molar-refractivity contribution is -0.119. The number of hydrogen-bond donors (Lipinski definition) is 2. The standard InChI is InChI=1S/C13H18N2OS/c1-3-6-9(2)13(16)15-11-8-5-4-7-10(11)12(14)17/h4-5,7-9H,3,6H2,1-2H3,(H2,14,17)(H,15,16). The van der Waals surface area contributed by atoms with E-state index in [1.807, 2.05) is 31.2 Å². The summed E-state index contributed by atoms with van der Waals surface area (Å²) in [6, 6.07) is 7.31. The van der Waals surface area contributed by atoms with Gasteiger partial charge in [0.15, 0.2) is 0 Å². The second-order valence-corrected chi connectivity index (χ2v) is 4.53. The number of hydrogen-bond acceptors (Lipinski definition) is 2. The lowest BCUT2D eigenvalue weighted by Gasteiger charge is -2.13. The van der Waals surface area contributed by atoms with Crippen LogP contribution >= 0.6 is 12.2 Å². The van der Waals surface area contributed by atoms with Crippen molar-refractivity contribution in [3.05, 3.63) is 29.8 Å². The van der Waals surface area contributed by atoms with Gasteiger partial charge in [-0.3, -0.25) is 4.79 Å². The maximum atomic E-state index is 11.9. The lowest BCUT2D eigenvalue weighted by atomic mass is 10.0. The van der Waals surface area contributed by atoms with E-state index in [2.05, 4.69) is 12.2 Å². The molecule has 1 rings (SSSR count). The topological polar surface area (TPSA) is 55.1 Å². The number of thiocarbonyl (C=S) groups is 1. The molecule has 3 nitrogen and oxygen atoms in total. The first-order valence-electron chi connectivity index (χ1n) is 5.76. The summed E-state index contributed by atoms with van der Waals surface area (Å²) < 4.78 is 0. The maximum absolute atomic E-state index is 11.9. The van der Waals surface area contributed by atoms with E-state index in [-0.39, 0.29) is 11.8 Å². The Bertz CT molecular complexity index is 418. The summed E-state index contributed by atoms with van der Waals surface area (Å²) >= 11 is 4.95. The Balaban J connectivity index is 2.81. The fourth-order valence-corrected chi connectivity index (χ4v) is 1.81. The molecular weight excluding hydrogens is 232 g/mol. The Morgan fingerprint density at radius 3 is 2.71 bits per heavy atom. The van der Waals surface area contributed by atoms with Gasteiger partial charge < -0.3 is 11.1 Å². The van der Waals surface area contributed by atoms with Crippen molar-refractivity contribution < 1.29 is 4.79 Å². The number of rotatable bonds is 5. The predicted molar refractivity (Wildman–Crippen MR) is 75.0 cm³/mol. The van der Waals surface area contributed by atoms with Gasteiger partial charge in [-0.1, -0.05) is 44.6 Å². The predicted octanol–water partition coefficient (Wildman–Crippen LogP) is 2.70. The van der Waals surface area contributed by atoms with Crippen molar-refractivity contribution >= 4 is 28.8 Å². The molecule has 0 heterocycles. The van der Waals surface area contributed by atoms with E-state index in [0.717, 1.165) is 12.8 Å². The first-order chi connectivity index (χ1) is 8.06. The molecule has 3 N–H and O–H groups in total. The second-order valence-electron chi connectivity index (χ2n) is 4.09. The number of amides is 1. The largest absolute Gasteiger partial charge is 0.389 e.